The molecule has 0 bridgehead atoms. The van der Waals surface area contributed by atoms with Gasteiger partial charge < -0.3 is 9.88 Å². The molecule has 3 aromatic heterocycles. The maximum Gasteiger partial charge on any atom is 0.243 e. The first kappa shape index (κ1) is 14.5. The number of carbonyl (C=O) groups excluding carboxylic acids is 1. The van der Waals surface area contributed by atoms with Crippen molar-refractivity contribution in [3.63, 3.8) is 0 Å². The summed E-state index contributed by atoms with van der Waals surface area (Å²) in [5.41, 5.74) is 3.03. The van der Waals surface area contributed by atoms with E-state index in [4.69, 9.17) is 0 Å². The number of aromatic amines is 1. The first-order valence-corrected chi connectivity index (χ1v) is 8.72. The molecular weight excluding hydrogens is 316 g/mol. The van der Waals surface area contributed by atoms with Crippen LogP contribution in [0.1, 0.15) is 37.3 Å². The number of amides is 1. The van der Waals surface area contributed by atoms with Gasteiger partial charge in [0.05, 0.1) is 17.8 Å². The molecule has 0 spiro atoms. The third kappa shape index (κ3) is 2.07. The molecule has 0 unspecified atom stereocenters. The number of nitriles is 1. The Morgan fingerprint density at radius 2 is 2.24 bits per heavy atom. The number of carbonyl (C=O) groups is 1. The molecule has 126 valence electrons. The van der Waals surface area contributed by atoms with Crippen molar-refractivity contribution in [3.8, 4) is 6.07 Å². The Kier molecular flexibility index (Phi) is 2.93. The second-order valence-electron chi connectivity index (χ2n) is 7.13. The SMILES string of the molecule is N#CC1(C(=O)N2CCC[C@H](c3cnc4cnc5[nH]ccc5n34)C2)CC1. The van der Waals surface area contributed by atoms with E-state index >= 15 is 0 Å². The molecule has 2 fully saturated rings. The van der Waals surface area contributed by atoms with Gasteiger partial charge >= 0.3 is 0 Å². The Morgan fingerprint density at radius 3 is 3.04 bits per heavy atom. The van der Waals surface area contributed by atoms with Crippen LogP contribution in [-0.4, -0.2) is 43.2 Å². The molecule has 25 heavy (non-hydrogen) atoms. The highest BCUT2D eigenvalue weighted by atomic mass is 16.2. The molecule has 1 amide bonds. The van der Waals surface area contributed by atoms with Crippen molar-refractivity contribution in [1.29, 1.82) is 5.26 Å². The molecule has 2 aliphatic rings. The number of nitrogens with one attached hydrogen (secondary N) is 1. The van der Waals surface area contributed by atoms with E-state index < -0.39 is 5.41 Å². The molecule has 7 nitrogen and oxygen atoms in total. The van der Waals surface area contributed by atoms with Gasteiger partial charge in [-0.15, -0.1) is 0 Å². The van der Waals surface area contributed by atoms with E-state index in [0.29, 0.717) is 19.4 Å². The van der Waals surface area contributed by atoms with Crippen molar-refractivity contribution in [2.24, 2.45) is 5.41 Å². The van der Waals surface area contributed by atoms with Crippen LogP contribution in [0.3, 0.4) is 0 Å². The van der Waals surface area contributed by atoms with E-state index in [-0.39, 0.29) is 11.8 Å². The second kappa shape index (κ2) is 5.06. The van der Waals surface area contributed by atoms with Crippen LogP contribution < -0.4 is 0 Å². The number of aromatic nitrogens is 4. The molecular formula is C18H18N6O. The molecule has 0 radical (unpaired) electrons. The molecule has 1 saturated heterocycles. The fourth-order valence-electron chi connectivity index (χ4n) is 3.98. The summed E-state index contributed by atoms with van der Waals surface area (Å²) in [7, 11) is 0. The lowest BCUT2D eigenvalue weighted by Gasteiger charge is -2.33. The van der Waals surface area contributed by atoms with Gasteiger partial charge in [-0.05, 0) is 31.7 Å². The topological polar surface area (TPSA) is 90.1 Å². The number of H-pyrrole nitrogens is 1. The van der Waals surface area contributed by atoms with Gasteiger partial charge in [-0.3, -0.25) is 9.20 Å². The lowest BCUT2D eigenvalue weighted by Crippen LogP contribution is -2.43. The number of hydrogen-bond donors (Lipinski definition) is 1. The van der Waals surface area contributed by atoms with Gasteiger partial charge in [-0.1, -0.05) is 0 Å². The van der Waals surface area contributed by atoms with Crippen molar-refractivity contribution < 1.29 is 4.79 Å². The van der Waals surface area contributed by atoms with E-state index in [1.54, 1.807) is 6.20 Å². The zero-order valence-corrected chi connectivity index (χ0v) is 13.8. The van der Waals surface area contributed by atoms with Gasteiger partial charge in [0.15, 0.2) is 11.3 Å². The van der Waals surface area contributed by atoms with Gasteiger partial charge in [0.1, 0.15) is 5.41 Å². The van der Waals surface area contributed by atoms with Crippen LogP contribution in [0.2, 0.25) is 0 Å². The third-order valence-corrected chi connectivity index (χ3v) is 5.57. The van der Waals surface area contributed by atoms with Gasteiger partial charge in [0.2, 0.25) is 5.91 Å². The molecule has 5 rings (SSSR count). The van der Waals surface area contributed by atoms with E-state index in [9.17, 15) is 10.1 Å². The maximum atomic E-state index is 12.7. The summed E-state index contributed by atoms with van der Waals surface area (Å²) in [6, 6.07) is 4.23. The van der Waals surface area contributed by atoms with E-state index in [1.165, 1.54) is 0 Å². The number of imidazole rings is 1. The van der Waals surface area contributed by atoms with Crippen LogP contribution in [0, 0.1) is 16.7 Å². The first-order chi connectivity index (χ1) is 12.2. The van der Waals surface area contributed by atoms with Crippen molar-refractivity contribution in [2.75, 3.05) is 13.1 Å². The molecule has 1 N–H and O–H groups in total. The normalized spacial score (nSPS) is 22.2. The van der Waals surface area contributed by atoms with Crippen LogP contribution in [0.4, 0.5) is 0 Å². The molecule has 7 heteroatoms. The Morgan fingerprint density at radius 1 is 1.36 bits per heavy atom. The fourth-order valence-corrected chi connectivity index (χ4v) is 3.98. The molecule has 3 aromatic rings. The number of hydrogen-bond acceptors (Lipinski definition) is 4. The summed E-state index contributed by atoms with van der Waals surface area (Å²) in [5.74, 6) is 0.240. The van der Waals surface area contributed by atoms with E-state index in [0.717, 1.165) is 41.9 Å². The minimum Gasteiger partial charge on any atom is -0.345 e. The number of nitrogens with zero attached hydrogens (tertiary/aromatic N) is 5. The molecule has 0 aromatic carbocycles. The average Bonchev–Trinajstić information content (AvgIpc) is 3.10. The number of rotatable bonds is 2. The smallest absolute Gasteiger partial charge is 0.243 e. The lowest BCUT2D eigenvalue weighted by atomic mass is 9.93. The van der Waals surface area contributed by atoms with Crippen LogP contribution in [0.25, 0.3) is 16.8 Å². The van der Waals surface area contributed by atoms with Crippen LogP contribution in [0.5, 0.6) is 0 Å². The van der Waals surface area contributed by atoms with Gasteiger partial charge in [0.25, 0.3) is 0 Å². The predicted octanol–water partition coefficient (Wildman–Crippen LogP) is 2.22. The quantitative estimate of drug-likeness (QED) is 0.778. The monoisotopic (exact) mass is 334 g/mol. The van der Waals surface area contributed by atoms with Crippen molar-refractivity contribution in [1.82, 2.24) is 24.3 Å². The van der Waals surface area contributed by atoms with Crippen LogP contribution >= 0.6 is 0 Å². The van der Waals surface area contributed by atoms with Crippen molar-refractivity contribution >= 4 is 22.7 Å². The summed E-state index contributed by atoms with van der Waals surface area (Å²) in [6.45, 7) is 1.40. The van der Waals surface area contributed by atoms with Gasteiger partial charge in [0, 0.05) is 37.1 Å². The summed E-state index contributed by atoms with van der Waals surface area (Å²) in [6.07, 6.45) is 8.92. The molecule has 4 heterocycles. The highest BCUT2D eigenvalue weighted by Gasteiger charge is 2.53. The van der Waals surface area contributed by atoms with Crippen LogP contribution in [-0.2, 0) is 4.79 Å². The molecule has 1 atom stereocenters. The summed E-state index contributed by atoms with van der Waals surface area (Å²) >= 11 is 0. The predicted molar refractivity (Wildman–Crippen MR) is 90.7 cm³/mol. The number of fused-ring (bicyclic) bond motifs is 3. The lowest BCUT2D eigenvalue weighted by molar-refractivity contribution is -0.136. The molecule has 1 aliphatic carbocycles. The minimum atomic E-state index is -0.737. The Bertz CT molecular complexity index is 1020. The highest BCUT2D eigenvalue weighted by molar-refractivity contribution is 5.88. The average molecular weight is 334 g/mol. The number of likely N-dealkylation sites (tertiary alicyclic amines) is 1. The summed E-state index contributed by atoms with van der Waals surface area (Å²) < 4.78 is 2.13. The first-order valence-electron chi connectivity index (χ1n) is 8.72. The highest BCUT2D eigenvalue weighted by Crippen LogP contribution is 2.47. The Balaban J connectivity index is 1.51. The standard InChI is InChI=1S/C18H18N6O/c19-11-18(4-5-18)17(25)23-7-1-2-12(10-23)14-8-21-15-9-22-16-13(24(14)15)3-6-20-16/h3,6,8-9,12,20H,1-2,4-5,7,10H2/t12-/m0/s1. The summed E-state index contributed by atoms with van der Waals surface area (Å²) in [5, 5.41) is 9.32. The fraction of sp³-hybridized carbons (Fsp3) is 0.444. The second-order valence-corrected chi connectivity index (χ2v) is 7.13. The van der Waals surface area contributed by atoms with E-state index in [2.05, 4.69) is 25.4 Å². The van der Waals surface area contributed by atoms with Crippen molar-refractivity contribution in [2.45, 2.75) is 31.6 Å². The van der Waals surface area contributed by atoms with Crippen molar-refractivity contribution in [3.05, 3.63) is 30.4 Å². The Hall–Kier alpha value is -2.88. The van der Waals surface area contributed by atoms with Gasteiger partial charge in [-0.2, -0.15) is 5.26 Å². The third-order valence-electron chi connectivity index (χ3n) is 5.57. The molecule has 1 aliphatic heterocycles. The maximum absolute atomic E-state index is 12.7. The zero-order valence-electron chi connectivity index (χ0n) is 13.8. The summed E-state index contributed by atoms with van der Waals surface area (Å²) in [4.78, 5) is 26.6. The minimum absolute atomic E-state index is 0.0157. The van der Waals surface area contributed by atoms with Gasteiger partial charge in [-0.25, -0.2) is 9.97 Å². The zero-order chi connectivity index (χ0) is 17.0. The largest absolute Gasteiger partial charge is 0.345 e. The Labute approximate surface area is 144 Å². The van der Waals surface area contributed by atoms with E-state index in [1.807, 2.05) is 23.4 Å². The number of piperidine rings is 1. The molecule has 1 saturated carbocycles. The van der Waals surface area contributed by atoms with Crippen LogP contribution in [0.15, 0.2) is 24.7 Å².